The highest BCUT2D eigenvalue weighted by Crippen LogP contribution is 2.35. The molecule has 1 saturated heterocycles. The number of allylic oxidation sites excluding steroid dienone is 1. The van der Waals surface area contributed by atoms with Crippen molar-refractivity contribution in [1.29, 1.82) is 0 Å². The van der Waals surface area contributed by atoms with Crippen molar-refractivity contribution < 1.29 is 14.3 Å². The number of likely N-dealkylation sites (tertiary alicyclic amines) is 1. The number of rotatable bonds is 6. The minimum Gasteiger partial charge on any atom is -0.459 e. The molecule has 1 aromatic carbocycles. The van der Waals surface area contributed by atoms with Crippen molar-refractivity contribution >= 4 is 11.9 Å². The number of ether oxygens (including phenoxy) is 1. The average Bonchev–Trinajstić information content (AvgIpc) is 2.99. The molecular formula is C19H26N2O3. The summed E-state index contributed by atoms with van der Waals surface area (Å²) in [7, 11) is 1.85. The molecule has 0 spiro atoms. The number of esters is 1. The molecule has 1 aliphatic rings. The Labute approximate surface area is 143 Å². The molecule has 1 amide bonds. The molecule has 1 aliphatic heterocycles. The Hall–Kier alpha value is -2.14. The minimum absolute atomic E-state index is 0.0865. The second-order valence-electron chi connectivity index (χ2n) is 6.19. The Morgan fingerprint density at radius 2 is 2.08 bits per heavy atom. The topological polar surface area (TPSA) is 58.6 Å². The van der Waals surface area contributed by atoms with Gasteiger partial charge in [-0.3, -0.25) is 4.79 Å². The standard InChI is InChI=1S/C19H26N2O3/c1-4-5-11-19(12-17(20-3)13-21(19)15(2)22)18(23)24-14-16-9-7-6-8-10-16/h4-10,17,20H,11-14H2,1-3H3/t17-,19?/m1/s1. The number of nitrogens with zero attached hydrogens (tertiary/aromatic N) is 1. The molecule has 0 bridgehead atoms. The summed E-state index contributed by atoms with van der Waals surface area (Å²) in [4.78, 5) is 26.7. The lowest BCUT2D eigenvalue weighted by atomic mass is 9.90. The van der Waals surface area contributed by atoms with Gasteiger partial charge < -0.3 is 15.0 Å². The molecule has 1 heterocycles. The summed E-state index contributed by atoms with van der Waals surface area (Å²) in [6.45, 7) is 4.15. The van der Waals surface area contributed by atoms with Crippen molar-refractivity contribution in [2.75, 3.05) is 13.6 Å². The summed E-state index contributed by atoms with van der Waals surface area (Å²) < 4.78 is 5.59. The zero-order valence-electron chi connectivity index (χ0n) is 14.6. The van der Waals surface area contributed by atoms with Crippen LogP contribution >= 0.6 is 0 Å². The third kappa shape index (κ3) is 3.85. The van der Waals surface area contributed by atoms with Gasteiger partial charge in [0, 0.05) is 19.5 Å². The molecule has 1 N–H and O–H groups in total. The molecular weight excluding hydrogens is 304 g/mol. The summed E-state index contributed by atoms with van der Waals surface area (Å²) in [5.74, 6) is -0.439. The first-order valence-corrected chi connectivity index (χ1v) is 8.31. The summed E-state index contributed by atoms with van der Waals surface area (Å²) in [6.07, 6.45) is 4.85. The molecule has 130 valence electrons. The fraction of sp³-hybridized carbons (Fsp3) is 0.474. The number of benzene rings is 1. The molecule has 2 rings (SSSR count). The van der Waals surface area contributed by atoms with E-state index in [4.69, 9.17) is 4.74 Å². The smallest absolute Gasteiger partial charge is 0.332 e. The van der Waals surface area contributed by atoms with Crippen LogP contribution in [-0.2, 0) is 20.9 Å². The van der Waals surface area contributed by atoms with Gasteiger partial charge in [-0.05, 0) is 32.4 Å². The number of hydrogen-bond acceptors (Lipinski definition) is 4. The van der Waals surface area contributed by atoms with Crippen molar-refractivity contribution in [2.45, 2.75) is 44.9 Å². The third-order valence-electron chi connectivity index (χ3n) is 4.58. The van der Waals surface area contributed by atoms with Crippen LogP contribution in [0.15, 0.2) is 42.5 Å². The Balaban J connectivity index is 2.22. The summed E-state index contributed by atoms with van der Waals surface area (Å²) in [5.41, 5.74) is 0.00503. The molecule has 0 saturated carbocycles. The molecule has 2 atom stereocenters. The minimum atomic E-state index is -0.930. The Morgan fingerprint density at radius 1 is 1.38 bits per heavy atom. The van der Waals surface area contributed by atoms with Crippen LogP contribution in [0.1, 0.15) is 32.3 Å². The number of nitrogens with one attached hydrogen (secondary N) is 1. The fourth-order valence-electron chi connectivity index (χ4n) is 3.24. The van der Waals surface area contributed by atoms with Gasteiger partial charge in [0.1, 0.15) is 12.1 Å². The van der Waals surface area contributed by atoms with Gasteiger partial charge >= 0.3 is 5.97 Å². The molecule has 1 aromatic rings. The van der Waals surface area contributed by atoms with Gasteiger partial charge in [-0.25, -0.2) is 4.79 Å². The SMILES string of the molecule is CC=CCC1(C(=O)OCc2ccccc2)C[C@@H](NC)CN1C(C)=O. The van der Waals surface area contributed by atoms with E-state index in [0.717, 1.165) is 5.56 Å². The molecule has 24 heavy (non-hydrogen) atoms. The van der Waals surface area contributed by atoms with E-state index >= 15 is 0 Å². The van der Waals surface area contributed by atoms with Crippen LogP contribution in [-0.4, -0.2) is 41.9 Å². The van der Waals surface area contributed by atoms with Crippen LogP contribution in [0.4, 0.5) is 0 Å². The zero-order chi connectivity index (χ0) is 17.6. The molecule has 0 aromatic heterocycles. The highest BCUT2D eigenvalue weighted by atomic mass is 16.5. The monoisotopic (exact) mass is 330 g/mol. The Bertz CT molecular complexity index is 600. The van der Waals surface area contributed by atoms with Gasteiger partial charge in [0.05, 0.1) is 0 Å². The number of carbonyl (C=O) groups is 2. The highest BCUT2D eigenvalue weighted by molar-refractivity contribution is 5.88. The van der Waals surface area contributed by atoms with E-state index in [0.29, 0.717) is 19.4 Å². The van der Waals surface area contributed by atoms with Crippen molar-refractivity contribution in [2.24, 2.45) is 0 Å². The Kier molecular flexibility index (Phi) is 6.15. The second kappa shape index (κ2) is 8.11. The van der Waals surface area contributed by atoms with Crippen LogP contribution in [0.2, 0.25) is 0 Å². The van der Waals surface area contributed by atoms with Gasteiger partial charge in [0.2, 0.25) is 5.91 Å². The summed E-state index contributed by atoms with van der Waals surface area (Å²) in [5, 5.41) is 3.18. The number of amides is 1. The predicted molar refractivity (Wildman–Crippen MR) is 93.3 cm³/mol. The van der Waals surface area contributed by atoms with E-state index in [9.17, 15) is 9.59 Å². The first-order chi connectivity index (χ1) is 11.5. The average molecular weight is 330 g/mol. The highest BCUT2D eigenvalue weighted by Gasteiger charge is 2.52. The van der Waals surface area contributed by atoms with Gasteiger partial charge in [-0.1, -0.05) is 42.5 Å². The van der Waals surface area contributed by atoms with E-state index in [1.165, 1.54) is 6.92 Å². The molecule has 1 unspecified atom stereocenters. The molecule has 0 radical (unpaired) electrons. The van der Waals surface area contributed by atoms with Gasteiger partial charge in [0.25, 0.3) is 0 Å². The van der Waals surface area contributed by atoms with Crippen molar-refractivity contribution in [1.82, 2.24) is 10.2 Å². The van der Waals surface area contributed by atoms with Crippen LogP contribution < -0.4 is 5.32 Å². The van der Waals surface area contributed by atoms with E-state index in [1.807, 2.05) is 56.5 Å². The first kappa shape index (κ1) is 18.2. The number of likely N-dealkylation sites (N-methyl/N-ethyl adjacent to an activating group) is 1. The quantitative estimate of drug-likeness (QED) is 0.642. The summed E-state index contributed by atoms with van der Waals surface area (Å²) in [6, 6.07) is 9.66. The number of hydrogen-bond donors (Lipinski definition) is 1. The van der Waals surface area contributed by atoms with E-state index in [-0.39, 0.29) is 24.5 Å². The Morgan fingerprint density at radius 3 is 2.67 bits per heavy atom. The first-order valence-electron chi connectivity index (χ1n) is 8.31. The molecule has 1 fully saturated rings. The van der Waals surface area contributed by atoms with Crippen LogP contribution in [0.25, 0.3) is 0 Å². The van der Waals surface area contributed by atoms with Crippen molar-refractivity contribution in [3.8, 4) is 0 Å². The predicted octanol–water partition coefficient (Wildman–Crippen LogP) is 2.28. The van der Waals surface area contributed by atoms with Crippen LogP contribution in [0.5, 0.6) is 0 Å². The molecule has 5 nitrogen and oxygen atoms in total. The maximum absolute atomic E-state index is 12.9. The van der Waals surface area contributed by atoms with E-state index in [2.05, 4.69) is 5.32 Å². The van der Waals surface area contributed by atoms with Crippen LogP contribution in [0.3, 0.4) is 0 Å². The lowest BCUT2D eigenvalue weighted by molar-refractivity contribution is -0.162. The number of carbonyl (C=O) groups excluding carboxylic acids is 2. The molecule has 5 heteroatoms. The van der Waals surface area contributed by atoms with Gasteiger partial charge in [-0.2, -0.15) is 0 Å². The maximum Gasteiger partial charge on any atom is 0.332 e. The zero-order valence-corrected chi connectivity index (χ0v) is 14.6. The normalized spacial score (nSPS) is 23.6. The third-order valence-corrected chi connectivity index (χ3v) is 4.58. The maximum atomic E-state index is 12.9. The lowest BCUT2D eigenvalue weighted by Gasteiger charge is -2.34. The van der Waals surface area contributed by atoms with E-state index in [1.54, 1.807) is 4.90 Å². The second-order valence-corrected chi connectivity index (χ2v) is 6.19. The van der Waals surface area contributed by atoms with Gasteiger partial charge in [0.15, 0.2) is 0 Å². The largest absolute Gasteiger partial charge is 0.459 e. The lowest BCUT2D eigenvalue weighted by Crippen LogP contribution is -2.53. The van der Waals surface area contributed by atoms with Crippen LogP contribution in [0, 0.1) is 0 Å². The van der Waals surface area contributed by atoms with Crippen molar-refractivity contribution in [3.63, 3.8) is 0 Å². The molecule has 0 aliphatic carbocycles. The van der Waals surface area contributed by atoms with Crippen molar-refractivity contribution in [3.05, 3.63) is 48.0 Å². The van der Waals surface area contributed by atoms with Gasteiger partial charge in [-0.15, -0.1) is 0 Å². The fourth-order valence-corrected chi connectivity index (χ4v) is 3.24. The van der Waals surface area contributed by atoms with E-state index < -0.39 is 5.54 Å². The summed E-state index contributed by atoms with van der Waals surface area (Å²) >= 11 is 0.